The first kappa shape index (κ1) is 11.5. The topological polar surface area (TPSA) is 42.2 Å². The number of amides is 1. The molecule has 1 aliphatic rings. The molecule has 1 N–H and O–H groups in total. The average molecular weight is 242 g/mol. The zero-order valence-electron chi connectivity index (χ0n) is 9.33. The molecular weight excluding hydrogens is 226 g/mol. The van der Waals surface area contributed by atoms with E-state index in [2.05, 4.69) is 5.32 Å². The summed E-state index contributed by atoms with van der Waals surface area (Å²) in [6, 6.07) is 3.70. The third-order valence-corrected chi connectivity index (χ3v) is 3.53. The Morgan fingerprint density at radius 2 is 2.38 bits per heavy atom. The highest BCUT2D eigenvalue weighted by molar-refractivity contribution is 6.18. The molecule has 4 heteroatoms. The van der Waals surface area contributed by atoms with Crippen molar-refractivity contribution in [3.05, 3.63) is 23.7 Å². The second-order valence-electron chi connectivity index (χ2n) is 4.34. The van der Waals surface area contributed by atoms with E-state index in [0.29, 0.717) is 17.6 Å². The normalized spacial score (nSPS) is 24.6. The molecule has 0 radical (unpaired) electrons. The van der Waals surface area contributed by atoms with Crippen molar-refractivity contribution in [3.8, 4) is 0 Å². The lowest BCUT2D eigenvalue weighted by Gasteiger charge is -2.17. The Kier molecular flexibility index (Phi) is 3.54. The Bertz CT molecular complexity index is 375. The minimum atomic E-state index is -0.130. The molecular formula is C12H16ClNO2. The van der Waals surface area contributed by atoms with Crippen molar-refractivity contribution >= 4 is 17.5 Å². The lowest BCUT2D eigenvalue weighted by Crippen LogP contribution is -2.37. The van der Waals surface area contributed by atoms with Gasteiger partial charge in [-0.1, -0.05) is 6.42 Å². The summed E-state index contributed by atoms with van der Waals surface area (Å²) in [5, 5.41) is 2.99. The van der Waals surface area contributed by atoms with E-state index in [-0.39, 0.29) is 11.9 Å². The number of carbonyl (C=O) groups excluding carboxylic acids is 1. The minimum absolute atomic E-state index is 0.130. The number of alkyl halides is 1. The largest absolute Gasteiger partial charge is 0.456 e. The molecule has 3 nitrogen and oxygen atoms in total. The van der Waals surface area contributed by atoms with Crippen LogP contribution in [0.5, 0.6) is 0 Å². The van der Waals surface area contributed by atoms with Crippen molar-refractivity contribution < 1.29 is 9.21 Å². The van der Waals surface area contributed by atoms with Crippen molar-refractivity contribution in [1.82, 2.24) is 5.32 Å². The smallest absolute Gasteiger partial charge is 0.287 e. The molecule has 0 aromatic carbocycles. The quantitative estimate of drug-likeness (QED) is 0.827. The molecule has 0 saturated heterocycles. The summed E-state index contributed by atoms with van der Waals surface area (Å²) in [6.07, 6.45) is 3.26. The zero-order valence-corrected chi connectivity index (χ0v) is 10.1. The van der Waals surface area contributed by atoms with Crippen LogP contribution in [0.1, 0.15) is 35.6 Å². The monoisotopic (exact) mass is 241 g/mol. The summed E-state index contributed by atoms with van der Waals surface area (Å²) in [4.78, 5) is 11.8. The molecule has 0 bridgehead atoms. The van der Waals surface area contributed by atoms with Crippen LogP contribution in [0.15, 0.2) is 16.5 Å². The molecule has 1 amide bonds. The number of carbonyl (C=O) groups is 1. The van der Waals surface area contributed by atoms with Crippen LogP contribution >= 0.6 is 11.6 Å². The Morgan fingerprint density at radius 3 is 3.00 bits per heavy atom. The van der Waals surface area contributed by atoms with E-state index in [4.69, 9.17) is 16.0 Å². The Balaban J connectivity index is 1.97. The van der Waals surface area contributed by atoms with Gasteiger partial charge in [-0.05, 0) is 37.8 Å². The Morgan fingerprint density at radius 1 is 1.56 bits per heavy atom. The fourth-order valence-corrected chi connectivity index (χ4v) is 2.58. The van der Waals surface area contributed by atoms with Gasteiger partial charge in [-0.3, -0.25) is 4.79 Å². The van der Waals surface area contributed by atoms with Gasteiger partial charge in [0.15, 0.2) is 5.76 Å². The number of furan rings is 1. The van der Waals surface area contributed by atoms with Gasteiger partial charge < -0.3 is 9.73 Å². The van der Waals surface area contributed by atoms with Gasteiger partial charge in [-0.15, -0.1) is 11.6 Å². The van der Waals surface area contributed by atoms with Crippen LogP contribution in [0, 0.1) is 12.8 Å². The first-order chi connectivity index (χ1) is 7.70. The van der Waals surface area contributed by atoms with Gasteiger partial charge in [0, 0.05) is 11.9 Å². The molecule has 0 aliphatic heterocycles. The summed E-state index contributed by atoms with van der Waals surface area (Å²) < 4.78 is 5.28. The summed E-state index contributed by atoms with van der Waals surface area (Å²) in [7, 11) is 0. The summed E-state index contributed by atoms with van der Waals surface area (Å²) >= 11 is 5.86. The van der Waals surface area contributed by atoms with E-state index in [1.165, 1.54) is 0 Å². The predicted molar refractivity (Wildman–Crippen MR) is 62.8 cm³/mol. The van der Waals surface area contributed by atoms with Gasteiger partial charge in [-0.25, -0.2) is 0 Å². The second kappa shape index (κ2) is 4.91. The first-order valence-corrected chi connectivity index (χ1v) is 6.17. The maximum Gasteiger partial charge on any atom is 0.287 e. The van der Waals surface area contributed by atoms with Gasteiger partial charge in [0.25, 0.3) is 5.91 Å². The van der Waals surface area contributed by atoms with E-state index < -0.39 is 0 Å². The molecule has 2 unspecified atom stereocenters. The summed E-state index contributed by atoms with van der Waals surface area (Å²) in [5.41, 5.74) is 0. The van der Waals surface area contributed by atoms with E-state index in [1.807, 2.05) is 6.92 Å². The Labute approximate surface area is 100 Å². The van der Waals surface area contributed by atoms with Crippen molar-refractivity contribution in [2.75, 3.05) is 5.88 Å². The predicted octanol–water partition coefficient (Wildman–Crippen LogP) is 2.73. The molecule has 2 rings (SSSR count). The lowest BCUT2D eigenvalue weighted by atomic mass is 10.1. The van der Waals surface area contributed by atoms with E-state index in [1.54, 1.807) is 12.1 Å². The second-order valence-corrected chi connectivity index (χ2v) is 4.64. The Hall–Kier alpha value is -0.960. The first-order valence-electron chi connectivity index (χ1n) is 5.64. The molecule has 1 saturated carbocycles. The fourth-order valence-electron chi connectivity index (χ4n) is 2.21. The summed E-state index contributed by atoms with van der Waals surface area (Å²) in [5.74, 6) is 2.03. The maximum absolute atomic E-state index is 11.8. The number of aryl methyl sites for hydroxylation is 1. The molecule has 88 valence electrons. The number of hydrogen-bond acceptors (Lipinski definition) is 2. The van der Waals surface area contributed by atoms with Crippen LogP contribution in [0.3, 0.4) is 0 Å². The summed E-state index contributed by atoms with van der Waals surface area (Å²) in [6.45, 7) is 1.83. The number of hydrogen-bond donors (Lipinski definition) is 1. The van der Waals surface area contributed by atoms with Gasteiger partial charge in [0.05, 0.1) is 0 Å². The van der Waals surface area contributed by atoms with E-state index >= 15 is 0 Å². The van der Waals surface area contributed by atoms with Gasteiger partial charge in [-0.2, -0.15) is 0 Å². The van der Waals surface area contributed by atoms with Crippen molar-refractivity contribution in [2.45, 2.75) is 32.2 Å². The lowest BCUT2D eigenvalue weighted by molar-refractivity contribution is 0.0900. The number of nitrogens with one attached hydrogen (secondary N) is 1. The molecule has 1 heterocycles. The van der Waals surface area contributed by atoms with Crippen LogP contribution in [0.25, 0.3) is 0 Å². The third-order valence-electron chi connectivity index (χ3n) is 3.14. The van der Waals surface area contributed by atoms with Crippen LogP contribution in [-0.2, 0) is 0 Å². The van der Waals surface area contributed by atoms with Gasteiger partial charge >= 0.3 is 0 Å². The molecule has 1 aromatic heterocycles. The molecule has 1 fully saturated rings. The van der Waals surface area contributed by atoms with Crippen LogP contribution in [0.4, 0.5) is 0 Å². The highest BCUT2D eigenvalue weighted by Gasteiger charge is 2.28. The third kappa shape index (κ3) is 2.40. The van der Waals surface area contributed by atoms with E-state index in [9.17, 15) is 4.79 Å². The molecule has 1 aliphatic carbocycles. The maximum atomic E-state index is 11.8. The van der Waals surface area contributed by atoms with Gasteiger partial charge in [0.1, 0.15) is 5.76 Å². The molecule has 0 spiro atoms. The fraction of sp³-hybridized carbons (Fsp3) is 0.583. The van der Waals surface area contributed by atoms with Crippen LogP contribution in [-0.4, -0.2) is 17.8 Å². The number of halogens is 1. The van der Waals surface area contributed by atoms with Gasteiger partial charge in [0.2, 0.25) is 0 Å². The van der Waals surface area contributed by atoms with Crippen LogP contribution < -0.4 is 5.32 Å². The van der Waals surface area contributed by atoms with Crippen molar-refractivity contribution in [2.24, 2.45) is 5.92 Å². The average Bonchev–Trinajstić information content (AvgIpc) is 2.86. The van der Waals surface area contributed by atoms with Crippen molar-refractivity contribution in [1.29, 1.82) is 0 Å². The molecule has 16 heavy (non-hydrogen) atoms. The highest BCUT2D eigenvalue weighted by Crippen LogP contribution is 2.26. The van der Waals surface area contributed by atoms with Crippen molar-refractivity contribution in [3.63, 3.8) is 0 Å². The number of rotatable bonds is 3. The standard InChI is InChI=1S/C12H16ClNO2/c1-8-5-6-11(16-8)12(15)14-10-4-2-3-9(10)7-13/h5-6,9-10H,2-4,7H2,1H3,(H,14,15). The van der Waals surface area contributed by atoms with Crippen LogP contribution in [0.2, 0.25) is 0 Å². The molecule has 2 atom stereocenters. The highest BCUT2D eigenvalue weighted by atomic mass is 35.5. The molecule has 1 aromatic rings. The minimum Gasteiger partial charge on any atom is -0.456 e. The SMILES string of the molecule is Cc1ccc(C(=O)NC2CCCC2CCl)o1. The van der Waals surface area contributed by atoms with E-state index in [0.717, 1.165) is 25.0 Å². The zero-order chi connectivity index (χ0) is 11.5.